The number of benzene rings is 2. The number of hydrazone groups is 1. The van der Waals surface area contributed by atoms with Crippen LogP contribution in [-0.2, 0) is 11.2 Å². The summed E-state index contributed by atoms with van der Waals surface area (Å²) >= 11 is 0. The van der Waals surface area contributed by atoms with Crippen molar-refractivity contribution in [2.24, 2.45) is 5.10 Å². The lowest BCUT2D eigenvalue weighted by atomic mass is 10.0. The molecule has 4 nitrogen and oxygen atoms in total. The first-order valence-electron chi connectivity index (χ1n) is 8.36. The zero-order chi connectivity index (χ0) is 18.6. The summed E-state index contributed by atoms with van der Waals surface area (Å²) < 4.78 is 5.39. The number of aryl methyl sites for hydroxylation is 4. The van der Waals surface area contributed by atoms with Gasteiger partial charge in [0.05, 0.1) is 19.2 Å². The molecule has 0 aromatic heterocycles. The van der Waals surface area contributed by atoms with Crippen LogP contribution in [-0.4, -0.2) is 18.7 Å². The van der Waals surface area contributed by atoms with Crippen LogP contribution in [0.4, 0.5) is 0 Å². The molecule has 0 fully saturated rings. The van der Waals surface area contributed by atoms with Gasteiger partial charge < -0.3 is 4.74 Å². The average molecular weight is 338 g/mol. The summed E-state index contributed by atoms with van der Waals surface area (Å²) in [5, 5.41) is 4.25. The summed E-state index contributed by atoms with van der Waals surface area (Å²) in [4.78, 5) is 12.2. The van der Waals surface area contributed by atoms with Gasteiger partial charge in [-0.1, -0.05) is 23.8 Å². The van der Waals surface area contributed by atoms with Gasteiger partial charge in [0.25, 0.3) is 0 Å². The number of ether oxygens (including phenoxy) is 1. The number of hydrogen-bond acceptors (Lipinski definition) is 3. The van der Waals surface area contributed by atoms with Crippen molar-refractivity contribution >= 4 is 11.6 Å². The van der Waals surface area contributed by atoms with Gasteiger partial charge in [0, 0.05) is 0 Å². The van der Waals surface area contributed by atoms with Crippen molar-refractivity contribution in [3.05, 3.63) is 63.7 Å². The van der Waals surface area contributed by atoms with E-state index in [9.17, 15) is 4.79 Å². The maximum atomic E-state index is 12.2. The second kappa shape index (κ2) is 7.97. The number of methoxy groups -OCH3 is 1. The SMILES string of the molecule is COc1c(C)cc(/C(C)=N\NC(=O)Cc2ccc(C)cc2C)cc1C. The monoisotopic (exact) mass is 338 g/mol. The van der Waals surface area contributed by atoms with E-state index in [0.29, 0.717) is 6.42 Å². The normalized spacial score (nSPS) is 11.4. The molecule has 4 heteroatoms. The molecule has 0 radical (unpaired) electrons. The topological polar surface area (TPSA) is 50.7 Å². The van der Waals surface area contributed by atoms with Crippen molar-refractivity contribution in [3.8, 4) is 5.75 Å². The van der Waals surface area contributed by atoms with Gasteiger partial charge in [-0.25, -0.2) is 5.43 Å². The number of rotatable bonds is 5. The minimum Gasteiger partial charge on any atom is -0.496 e. The summed E-state index contributed by atoms with van der Waals surface area (Å²) in [6, 6.07) is 10.1. The van der Waals surface area contributed by atoms with Crippen LogP contribution < -0.4 is 10.2 Å². The Morgan fingerprint density at radius 1 is 1.04 bits per heavy atom. The molecule has 1 amide bonds. The van der Waals surface area contributed by atoms with E-state index >= 15 is 0 Å². The summed E-state index contributed by atoms with van der Waals surface area (Å²) in [5.41, 5.74) is 9.84. The molecule has 0 aliphatic rings. The predicted molar refractivity (Wildman–Crippen MR) is 102 cm³/mol. The fourth-order valence-electron chi connectivity index (χ4n) is 2.95. The smallest absolute Gasteiger partial charge is 0.244 e. The van der Waals surface area contributed by atoms with Crippen LogP contribution in [0.5, 0.6) is 5.75 Å². The van der Waals surface area contributed by atoms with Crippen LogP contribution in [0.25, 0.3) is 0 Å². The fraction of sp³-hybridized carbons (Fsp3) is 0.333. The molecule has 0 saturated heterocycles. The third-order valence-corrected chi connectivity index (χ3v) is 4.28. The van der Waals surface area contributed by atoms with Crippen LogP contribution in [0.1, 0.15) is 40.3 Å². The lowest BCUT2D eigenvalue weighted by molar-refractivity contribution is -0.120. The molecule has 0 atom stereocenters. The van der Waals surface area contributed by atoms with Gasteiger partial charge in [0.15, 0.2) is 0 Å². The maximum Gasteiger partial charge on any atom is 0.244 e. The van der Waals surface area contributed by atoms with Crippen LogP contribution in [0.15, 0.2) is 35.4 Å². The van der Waals surface area contributed by atoms with Gasteiger partial charge in [-0.3, -0.25) is 4.79 Å². The largest absolute Gasteiger partial charge is 0.496 e. The third-order valence-electron chi connectivity index (χ3n) is 4.28. The molecule has 0 spiro atoms. The molecule has 2 rings (SSSR count). The van der Waals surface area contributed by atoms with E-state index in [1.165, 1.54) is 5.56 Å². The molecule has 0 unspecified atom stereocenters. The molecule has 0 aliphatic carbocycles. The predicted octanol–water partition coefficient (Wildman–Crippen LogP) is 4.01. The molecule has 0 heterocycles. The van der Waals surface area contributed by atoms with Gasteiger partial charge in [-0.15, -0.1) is 0 Å². The van der Waals surface area contributed by atoms with Crippen molar-refractivity contribution in [2.45, 2.75) is 41.0 Å². The number of nitrogens with one attached hydrogen (secondary N) is 1. The highest BCUT2D eigenvalue weighted by molar-refractivity contribution is 5.99. The first kappa shape index (κ1) is 18.7. The molecule has 2 aromatic rings. The van der Waals surface area contributed by atoms with E-state index in [1.807, 2.05) is 58.9 Å². The summed E-state index contributed by atoms with van der Waals surface area (Å²) in [5.74, 6) is 0.767. The lowest BCUT2D eigenvalue weighted by Crippen LogP contribution is -2.21. The Hall–Kier alpha value is -2.62. The quantitative estimate of drug-likeness (QED) is 0.661. The van der Waals surface area contributed by atoms with E-state index in [4.69, 9.17) is 4.74 Å². The van der Waals surface area contributed by atoms with E-state index in [1.54, 1.807) is 7.11 Å². The van der Waals surface area contributed by atoms with Crippen molar-refractivity contribution in [1.82, 2.24) is 5.43 Å². The van der Waals surface area contributed by atoms with Crippen LogP contribution in [0, 0.1) is 27.7 Å². The molecular weight excluding hydrogens is 312 g/mol. The highest BCUT2D eigenvalue weighted by atomic mass is 16.5. The van der Waals surface area contributed by atoms with E-state index in [2.05, 4.69) is 16.6 Å². The lowest BCUT2D eigenvalue weighted by Gasteiger charge is -2.11. The molecule has 0 bridgehead atoms. The van der Waals surface area contributed by atoms with Crippen LogP contribution in [0.2, 0.25) is 0 Å². The van der Waals surface area contributed by atoms with E-state index in [0.717, 1.165) is 39.3 Å². The number of carbonyl (C=O) groups is 1. The Bertz CT molecular complexity index is 800. The van der Waals surface area contributed by atoms with E-state index < -0.39 is 0 Å². The summed E-state index contributed by atoms with van der Waals surface area (Å²) in [6.07, 6.45) is 0.323. The van der Waals surface area contributed by atoms with Gasteiger partial charge in [0.1, 0.15) is 5.75 Å². The van der Waals surface area contributed by atoms with Gasteiger partial charge in [-0.2, -0.15) is 5.10 Å². The minimum absolute atomic E-state index is 0.117. The molecule has 25 heavy (non-hydrogen) atoms. The summed E-state index contributed by atoms with van der Waals surface area (Å²) in [7, 11) is 1.67. The molecular formula is C21H26N2O2. The Morgan fingerprint density at radius 2 is 1.68 bits per heavy atom. The van der Waals surface area contributed by atoms with Crippen molar-refractivity contribution in [3.63, 3.8) is 0 Å². The average Bonchev–Trinajstić information content (AvgIpc) is 2.55. The summed E-state index contributed by atoms with van der Waals surface area (Å²) in [6.45, 7) is 9.96. The Kier molecular flexibility index (Phi) is 5.97. The van der Waals surface area contributed by atoms with Gasteiger partial charge in [0.2, 0.25) is 5.91 Å². The van der Waals surface area contributed by atoms with E-state index in [-0.39, 0.29) is 5.91 Å². The zero-order valence-corrected chi connectivity index (χ0v) is 15.9. The third kappa shape index (κ3) is 4.69. The van der Waals surface area contributed by atoms with Crippen molar-refractivity contribution in [2.75, 3.05) is 7.11 Å². The van der Waals surface area contributed by atoms with Crippen molar-refractivity contribution < 1.29 is 9.53 Å². The van der Waals surface area contributed by atoms with Crippen LogP contribution in [0.3, 0.4) is 0 Å². The van der Waals surface area contributed by atoms with Crippen LogP contribution >= 0.6 is 0 Å². The Labute approximate surface area is 149 Å². The Balaban J connectivity index is 2.09. The first-order valence-corrected chi connectivity index (χ1v) is 8.36. The highest BCUT2D eigenvalue weighted by Gasteiger charge is 2.09. The molecule has 1 N–H and O–H groups in total. The number of hydrogen-bond donors (Lipinski definition) is 1. The molecule has 0 saturated carbocycles. The standard InChI is InChI=1S/C21H26N2O2/c1-13-7-8-18(14(2)9-13)12-20(24)23-22-17(5)19-10-15(3)21(25-6)16(4)11-19/h7-11H,12H2,1-6H3,(H,23,24)/b22-17-. The molecule has 0 aliphatic heterocycles. The number of nitrogens with zero attached hydrogens (tertiary/aromatic N) is 1. The first-order chi connectivity index (χ1) is 11.8. The fourth-order valence-corrected chi connectivity index (χ4v) is 2.95. The zero-order valence-electron chi connectivity index (χ0n) is 15.9. The van der Waals surface area contributed by atoms with Gasteiger partial charge in [-0.05, 0) is 74.6 Å². The van der Waals surface area contributed by atoms with Crippen molar-refractivity contribution in [1.29, 1.82) is 0 Å². The van der Waals surface area contributed by atoms with Gasteiger partial charge >= 0.3 is 0 Å². The maximum absolute atomic E-state index is 12.2. The Morgan fingerprint density at radius 3 is 2.24 bits per heavy atom. The second-order valence-corrected chi connectivity index (χ2v) is 6.48. The number of amides is 1. The molecule has 2 aromatic carbocycles. The number of carbonyl (C=O) groups excluding carboxylic acids is 1. The molecule has 132 valence electrons. The second-order valence-electron chi connectivity index (χ2n) is 6.48. The minimum atomic E-state index is -0.117. The highest BCUT2D eigenvalue weighted by Crippen LogP contribution is 2.24.